The summed E-state index contributed by atoms with van der Waals surface area (Å²) in [5, 5.41) is 8.82. The van der Waals surface area contributed by atoms with Gasteiger partial charge in [-0.15, -0.1) is 0 Å². The van der Waals surface area contributed by atoms with Crippen LogP contribution in [0.2, 0.25) is 0 Å². The highest BCUT2D eigenvalue weighted by molar-refractivity contribution is 5.97. The standard InChI is InChI=1S/C21H20N2O3/c22-12-11-16-8-4-9-18(14-16)20(24)23-13-5-10-19(23)21(25)26-15-17-6-2-1-3-7-17/h1-4,6-9,14,19H,5,10-11,13,15H2/t19-/m0/s1. The predicted molar refractivity (Wildman–Crippen MR) is 96.1 cm³/mol. The second-order valence-corrected chi connectivity index (χ2v) is 6.29. The highest BCUT2D eigenvalue weighted by Crippen LogP contribution is 2.22. The minimum absolute atomic E-state index is 0.191. The number of carbonyl (C=O) groups excluding carboxylic acids is 2. The highest BCUT2D eigenvalue weighted by atomic mass is 16.5. The van der Waals surface area contributed by atoms with Gasteiger partial charge in [-0.25, -0.2) is 4.79 Å². The Hall–Kier alpha value is -3.13. The fourth-order valence-electron chi connectivity index (χ4n) is 3.15. The quantitative estimate of drug-likeness (QED) is 0.779. The van der Waals surface area contributed by atoms with E-state index in [2.05, 4.69) is 6.07 Å². The average Bonchev–Trinajstić information content (AvgIpc) is 3.17. The summed E-state index contributed by atoms with van der Waals surface area (Å²) in [6, 6.07) is 18.0. The van der Waals surface area contributed by atoms with Crippen molar-refractivity contribution < 1.29 is 14.3 Å². The molecular formula is C21H20N2O3. The van der Waals surface area contributed by atoms with E-state index in [4.69, 9.17) is 10.00 Å². The Kier molecular flexibility index (Phi) is 5.65. The fourth-order valence-corrected chi connectivity index (χ4v) is 3.15. The minimum Gasteiger partial charge on any atom is -0.459 e. The first-order chi connectivity index (χ1) is 12.7. The lowest BCUT2D eigenvalue weighted by molar-refractivity contribution is -0.149. The zero-order valence-electron chi connectivity index (χ0n) is 14.4. The van der Waals surface area contributed by atoms with Crippen molar-refractivity contribution in [2.45, 2.75) is 31.9 Å². The highest BCUT2D eigenvalue weighted by Gasteiger charge is 2.35. The van der Waals surface area contributed by atoms with Gasteiger partial charge in [0.15, 0.2) is 0 Å². The first-order valence-corrected chi connectivity index (χ1v) is 8.66. The Bertz CT molecular complexity index is 827. The summed E-state index contributed by atoms with van der Waals surface area (Å²) in [4.78, 5) is 26.9. The van der Waals surface area contributed by atoms with Gasteiger partial charge in [0.2, 0.25) is 0 Å². The molecule has 0 bridgehead atoms. The first-order valence-electron chi connectivity index (χ1n) is 8.66. The molecule has 1 aliphatic heterocycles. The molecule has 2 aromatic carbocycles. The maximum Gasteiger partial charge on any atom is 0.329 e. The maximum absolute atomic E-state index is 12.8. The van der Waals surface area contributed by atoms with Crippen molar-refractivity contribution in [3.05, 3.63) is 71.3 Å². The largest absolute Gasteiger partial charge is 0.459 e. The van der Waals surface area contributed by atoms with Crippen molar-refractivity contribution in [2.75, 3.05) is 6.54 Å². The van der Waals surface area contributed by atoms with Crippen LogP contribution < -0.4 is 0 Å². The molecule has 1 aliphatic rings. The number of ether oxygens (including phenoxy) is 1. The van der Waals surface area contributed by atoms with Crippen molar-refractivity contribution in [1.82, 2.24) is 4.90 Å². The fraction of sp³-hybridized carbons (Fsp3) is 0.286. The van der Waals surface area contributed by atoms with Crippen LogP contribution in [0.1, 0.15) is 34.3 Å². The third-order valence-electron chi connectivity index (χ3n) is 4.47. The first kappa shape index (κ1) is 17.7. The average molecular weight is 348 g/mol. The van der Waals surface area contributed by atoms with Gasteiger partial charge in [-0.2, -0.15) is 5.26 Å². The number of benzene rings is 2. The van der Waals surface area contributed by atoms with Crippen LogP contribution in [-0.2, 0) is 22.6 Å². The number of hydrogen-bond acceptors (Lipinski definition) is 4. The van der Waals surface area contributed by atoms with Gasteiger partial charge in [-0.1, -0.05) is 42.5 Å². The summed E-state index contributed by atoms with van der Waals surface area (Å²) in [6.07, 6.45) is 1.63. The Morgan fingerprint density at radius 3 is 2.65 bits per heavy atom. The van der Waals surface area contributed by atoms with Gasteiger partial charge in [-0.3, -0.25) is 4.79 Å². The van der Waals surface area contributed by atoms with Gasteiger partial charge >= 0.3 is 5.97 Å². The van der Waals surface area contributed by atoms with E-state index in [9.17, 15) is 9.59 Å². The molecule has 0 aromatic heterocycles. The molecule has 1 amide bonds. The molecule has 26 heavy (non-hydrogen) atoms. The Morgan fingerprint density at radius 2 is 1.88 bits per heavy atom. The van der Waals surface area contributed by atoms with Gasteiger partial charge < -0.3 is 9.64 Å². The summed E-state index contributed by atoms with van der Waals surface area (Å²) in [5.74, 6) is -0.558. The Morgan fingerprint density at radius 1 is 1.12 bits per heavy atom. The van der Waals surface area contributed by atoms with Gasteiger partial charge in [0.05, 0.1) is 12.5 Å². The Labute approximate surface area is 152 Å². The molecular weight excluding hydrogens is 328 g/mol. The minimum atomic E-state index is -0.550. The van der Waals surface area contributed by atoms with Crippen LogP contribution in [0.5, 0.6) is 0 Å². The van der Waals surface area contributed by atoms with E-state index in [0.29, 0.717) is 18.5 Å². The molecule has 0 aliphatic carbocycles. The van der Waals surface area contributed by atoms with Gasteiger partial charge in [0.1, 0.15) is 12.6 Å². The van der Waals surface area contributed by atoms with E-state index in [1.54, 1.807) is 23.1 Å². The lowest BCUT2D eigenvalue weighted by Crippen LogP contribution is -2.41. The van der Waals surface area contributed by atoms with Crippen LogP contribution in [0.4, 0.5) is 0 Å². The van der Waals surface area contributed by atoms with Gasteiger partial charge in [0.25, 0.3) is 5.91 Å². The summed E-state index contributed by atoms with van der Waals surface area (Å²) in [7, 11) is 0. The number of amides is 1. The number of hydrogen-bond donors (Lipinski definition) is 0. The van der Waals surface area contributed by atoms with Crippen molar-refractivity contribution in [3.63, 3.8) is 0 Å². The zero-order chi connectivity index (χ0) is 18.4. The zero-order valence-corrected chi connectivity index (χ0v) is 14.4. The number of carbonyl (C=O) groups is 2. The van der Waals surface area contributed by atoms with E-state index in [1.807, 2.05) is 36.4 Å². The molecule has 5 nitrogen and oxygen atoms in total. The molecule has 1 fully saturated rings. The molecule has 1 heterocycles. The van der Waals surface area contributed by atoms with Crippen LogP contribution in [0, 0.1) is 11.3 Å². The molecule has 1 atom stereocenters. The molecule has 0 radical (unpaired) electrons. The Balaban J connectivity index is 1.67. The van der Waals surface area contributed by atoms with Crippen molar-refractivity contribution in [3.8, 4) is 6.07 Å². The van der Waals surface area contributed by atoms with Crippen LogP contribution >= 0.6 is 0 Å². The predicted octanol–water partition coefficient (Wildman–Crippen LogP) is 3.10. The van der Waals surface area contributed by atoms with Crippen molar-refractivity contribution in [1.29, 1.82) is 5.26 Å². The maximum atomic E-state index is 12.8. The number of nitriles is 1. The normalized spacial score (nSPS) is 16.1. The second-order valence-electron chi connectivity index (χ2n) is 6.29. The monoisotopic (exact) mass is 348 g/mol. The van der Waals surface area contributed by atoms with Gasteiger partial charge in [0, 0.05) is 12.1 Å². The summed E-state index contributed by atoms with van der Waals surface area (Å²) in [5.41, 5.74) is 2.21. The van der Waals surface area contributed by atoms with E-state index in [0.717, 1.165) is 17.5 Å². The topological polar surface area (TPSA) is 70.4 Å². The lowest BCUT2D eigenvalue weighted by atomic mass is 10.1. The van der Waals surface area contributed by atoms with E-state index in [1.165, 1.54) is 0 Å². The number of rotatable bonds is 5. The van der Waals surface area contributed by atoms with Crippen LogP contribution in [-0.4, -0.2) is 29.4 Å². The molecule has 3 rings (SSSR count). The third-order valence-corrected chi connectivity index (χ3v) is 4.47. The van der Waals surface area contributed by atoms with Crippen molar-refractivity contribution >= 4 is 11.9 Å². The molecule has 0 saturated carbocycles. The van der Waals surface area contributed by atoms with Crippen molar-refractivity contribution in [2.24, 2.45) is 0 Å². The second kappa shape index (κ2) is 8.30. The van der Waals surface area contributed by atoms with E-state index >= 15 is 0 Å². The van der Waals surface area contributed by atoms with Crippen LogP contribution in [0.3, 0.4) is 0 Å². The van der Waals surface area contributed by atoms with Gasteiger partial charge in [-0.05, 0) is 36.1 Å². The summed E-state index contributed by atoms with van der Waals surface area (Å²) < 4.78 is 5.41. The molecule has 1 saturated heterocycles. The number of esters is 1. The molecule has 132 valence electrons. The van der Waals surface area contributed by atoms with Crippen LogP contribution in [0.15, 0.2) is 54.6 Å². The van der Waals surface area contributed by atoms with E-state index < -0.39 is 6.04 Å². The summed E-state index contributed by atoms with van der Waals surface area (Å²) >= 11 is 0. The van der Waals surface area contributed by atoms with E-state index in [-0.39, 0.29) is 24.9 Å². The molecule has 0 N–H and O–H groups in total. The molecule has 2 aromatic rings. The SMILES string of the molecule is N#CCc1cccc(C(=O)N2CCC[C@H]2C(=O)OCc2ccccc2)c1. The molecule has 0 unspecified atom stereocenters. The van der Waals surface area contributed by atoms with Crippen LogP contribution in [0.25, 0.3) is 0 Å². The molecule has 5 heteroatoms. The molecule has 0 spiro atoms. The number of likely N-dealkylation sites (tertiary alicyclic amines) is 1. The number of nitrogens with zero attached hydrogens (tertiary/aromatic N) is 2. The summed E-state index contributed by atoms with van der Waals surface area (Å²) in [6.45, 7) is 0.738. The smallest absolute Gasteiger partial charge is 0.329 e. The lowest BCUT2D eigenvalue weighted by Gasteiger charge is -2.23. The third kappa shape index (κ3) is 4.09.